The maximum atomic E-state index is 12.0. The summed E-state index contributed by atoms with van der Waals surface area (Å²) in [6.07, 6.45) is 3.30. The van der Waals surface area contributed by atoms with Crippen LogP contribution in [0.5, 0.6) is 0 Å². The van der Waals surface area contributed by atoms with E-state index in [1.807, 2.05) is 0 Å². The van der Waals surface area contributed by atoms with Crippen LogP contribution in [0.25, 0.3) is 0 Å². The van der Waals surface area contributed by atoms with Gasteiger partial charge in [0, 0.05) is 20.2 Å². The Bertz CT molecular complexity index is 283. The number of hydrogen-bond acceptors (Lipinski definition) is 4. The van der Waals surface area contributed by atoms with Crippen LogP contribution in [-0.4, -0.2) is 61.3 Å². The van der Waals surface area contributed by atoms with Crippen LogP contribution in [0.15, 0.2) is 0 Å². The molecule has 1 aliphatic rings. The van der Waals surface area contributed by atoms with Gasteiger partial charge in [-0.2, -0.15) is 0 Å². The number of carboxylic acids is 1. The molecule has 2 N–H and O–H groups in total. The summed E-state index contributed by atoms with van der Waals surface area (Å²) in [5, 5.41) is 12.1. The van der Waals surface area contributed by atoms with E-state index in [0.29, 0.717) is 26.1 Å². The number of carbonyl (C=O) groups excluding carboxylic acids is 1. The molecule has 1 saturated heterocycles. The molecule has 1 rings (SSSR count). The van der Waals surface area contributed by atoms with Crippen LogP contribution in [0.1, 0.15) is 25.7 Å². The van der Waals surface area contributed by atoms with Gasteiger partial charge < -0.3 is 20.1 Å². The van der Waals surface area contributed by atoms with E-state index in [0.717, 1.165) is 19.3 Å². The van der Waals surface area contributed by atoms with Crippen molar-refractivity contribution in [1.29, 1.82) is 0 Å². The van der Waals surface area contributed by atoms with Crippen molar-refractivity contribution in [2.24, 2.45) is 0 Å². The van der Waals surface area contributed by atoms with Crippen LogP contribution in [0.4, 0.5) is 0 Å². The van der Waals surface area contributed by atoms with Crippen molar-refractivity contribution in [3.8, 4) is 0 Å². The molecule has 18 heavy (non-hydrogen) atoms. The minimum Gasteiger partial charge on any atom is -0.480 e. The number of nitrogens with one attached hydrogen (secondary N) is 1. The lowest BCUT2D eigenvalue weighted by atomic mass is 10.1. The zero-order valence-corrected chi connectivity index (χ0v) is 10.9. The molecule has 0 bridgehead atoms. The average Bonchev–Trinajstić information content (AvgIpc) is 2.59. The predicted molar refractivity (Wildman–Crippen MR) is 66.4 cm³/mol. The van der Waals surface area contributed by atoms with Crippen molar-refractivity contribution < 1.29 is 19.4 Å². The zero-order valence-electron chi connectivity index (χ0n) is 10.9. The van der Waals surface area contributed by atoms with E-state index < -0.39 is 12.0 Å². The number of aliphatic carboxylic acids is 1. The summed E-state index contributed by atoms with van der Waals surface area (Å²) in [5.41, 5.74) is 0. The summed E-state index contributed by atoms with van der Waals surface area (Å²) >= 11 is 0. The summed E-state index contributed by atoms with van der Waals surface area (Å²) in [6.45, 7) is 1.85. The first-order valence-corrected chi connectivity index (χ1v) is 6.38. The summed E-state index contributed by atoms with van der Waals surface area (Å²) < 4.78 is 4.87. The van der Waals surface area contributed by atoms with Gasteiger partial charge in [0.2, 0.25) is 5.91 Å². The summed E-state index contributed by atoms with van der Waals surface area (Å²) in [7, 11) is 1.60. The molecule has 104 valence electrons. The standard InChI is InChI=1S/C12H22N2O4/c1-18-8-6-13-9-11(15)14-7-4-2-3-5-10(14)12(16)17/h10,13H,2-9H2,1H3,(H,16,17). The number of amides is 1. The van der Waals surface area contributed by atoms with E-state index in [4.69, 9.17) is 9.84 Å². The molecule has 1 amide bonds. The van der Waals surface area contributed by atoms with Gasteiger partial charge in [-0.1, -0.05) is 12.8 Å². The molecule has 1 heterocycles. The van der Waals surface area contributed by atoms with Crippen molar-refractivity contribution in [3.05, 3.63) is 0 Å². The van der Waals surface area contributed by atoms with E-state index >= 15 is 0 Å². The normalized spacial score (nSPS) is 20.5. The molecule has 1 fully saturated rings. The second-order valence-corrected chi connectivity index (χ2v) is 4.46. The van der Waals surface area contributed by atoms with Crippen molar-refractivity contribution in [2.45, 2.75) is 31.7 Å². The van der Waals surface area contributed by atoms with Crippen LogP contribution in [-0.2, 0) is 14.3 Å². The van der Waals surface area contributed by atoms with Crippen LogP contribution < -0.4 is 5.32 Å². The highest BCUT2D eigenvalue weighted by Gasteiger charge is 2.30. The second kappa shape index (κ2) is 8.05. The van der Waals surface area contributed by atoms with Crippen molar-refractivity contribution in [2.75, 3.05) is 33.4 Å². The lowest BCUT2D eigenvalue weighted by Crippen LogP contribution is -2.48. The maximum absolute atomic E-state index is 12.0. The Morgan fingerprint density at radius 3 is 2.83 bits per heavy atom. The molecule has 1 aliphatic heterocycles. The Morgan fingerprint density at radius 1 is 1.39 bits per heavy atom. The molecule has 0 aliphatic carbocycles. The number of hydrogen-bond donors (Lipinski definition) is 2. The number of nitrogens with zero attached hydrogens (tertiary/aromatic N) is 1. The van der Waals surface area contributed by atoms with E-state index in [9.17, 15) is 9.59 Å². The fourth-order valence-corrected chi connectivity index (χ4v) is 2.13. The number of methoxy groups -OCH3 is 1. The third-order valence-electron chi connectivity index (χ3n) is 3.12. The highest BCUT2D eigenvalue weighted by Crippen LogP contribution is 2.17. The topological polar surface area (TPSA) is 78.9 Å². The Balaban J connectivity index is 2.48. The smallest absolute Gasteiger partial charge is 0.326 e. The van der Waals surface area contributed by atoms with E-state index in [1.165, 1.54) is 4.90 Å². The number of carboxylic acid groups (broad SMARTS) is 1. The fourth-order valence-electron chi connectivity index (χ4n) is 2.13. The Hall–Kier alpha value is -1.14. The number of rotatable bonds is 6. The average molecular weight is 258 g/mol. The summed E-state index contributed by atoms with van der Waals surface area (Å²) in [5.74, 6) is -1.04. The zero-order chi connectivity index (χ0) is 13.4. The van der Waals surface area contributed by atoms with Gasteiger partial charge in [0.05, 0.1) is 13.2 Å². The molecule has 0 spiro atoms. The van der Waals surface area contributed by atoms with Crippen molar-refractivity contribution >= 4 is 11.9 Å². The third-order valence-corrected chi connectivity index (χ3v) is 3.12. The Labute approximate surface area is 107 Å². The summed E-state index contributed by atoms with van der Waals surface area (Å²) in [6, 6.07) is -0.663. The molecule has 0 aromatic carbocycles. The first-order chi connectivity index (χ1) is 8.66. The molecule has 0 radical (unpaired) electrons. The fraction of sp³-hybridized carbons (Fsp3) is 0.833. The van der Waals surface area contributed by atoms with Crippen molar-refractivity contribution in [3.63, 3.8) is 0 Å². The quantitative estimate of drug-likeness (QED) is 0.660. The van der Waals surface area contributed by atoms with E-state index in [1.54, 1.807) is 7.11 Å². The molecule has 0 saturated carbocycles. The van der Waals surface area contributed by atoms with Crippen LogP contribution in [0, 0.1) is 0 Å². The molecule has 1 atom stereocenters. The van der Waals surface area contributed by atoms with Crippen molar-refractivity contribution in [1.82, 2.24) is 10.2 Å². The van der Waals surface area contributed by atoms with Gasteiger partial charge in [-0.05, 0) is 12.8 Å². The van der Waals surface area contributed by atoms with Crippen LogP contribution in [0.3, 0.4) is 0 Å². The minimum absolute atomic E-state index is 0.139. The van der Waals surface area contributed by atoms with Gasteiger partial charge in [-0.3, -0.25) is 4.79 Å². The second-order valence-electron chi connectivity index (χ2n) is 4.46. The van der Waals surface area contributed by atoms with Gasteiger partial charge in [-0.25, -0.2) is 4.79 Å². The number of ether oxygens (including phenoxy) is 1. The highest BCUT2D eigenvalue weighted by molar-refractivity contribution is 5.84. The van der Waals surface area contributed by atoms with Gasteiger partial charge >= 0.3 is 5.97 Å². The Morgan fingerprint density at radius 2 is 2.17 bits per heavy atom. The summed E-state index contributed by atoms with van der Waals surface area (Å²) in [4.78, 5) is 24.6. The molecule has 1 unspecified atom stereocenters. The van der Waals surface area contributed by atoms with Gasteiger partial charge in [0.25, 0.3) is 0 Å². The van der Waals surface area contributed by atoms with Crippen LogP contribution in [0.2, 0.25) is 0 Å². The first kappa shape index (κ1) is 14.9. The maximum Gasteiger partial charge on any atom is 0.326 e. The van der Waals surface area contributed by atoms with E-state index in [-0.39, 0.29) is 12.5 Å². The van der Waals surface area contributed by atoms with Gasteiger partial charge in [-0.15, -0.1) is 0 Å². The molecular weight excluding hydrogens is 236 g/mol. The molecule has 0 aromatic heterocycles. The van der Waals surface area contributed by atoms with Gasteiger partial charge in [0.1, 0.15) is 6.04 Å². The lowest BCUT2D eigenvalue weighted by molar-refractivity contribution is -0.149. The number of likely N-dealkylation sites (tertiary alicyclic amines) is 1. The minimum atomic E-state index is -0.901. The van der Waals surface area contributed by atoms with Gasteiger partial charge in [0.15, 0.2) is 0 Å². The molecule has 6 heteroatoms. The molecule has 6 nitrogen and oxygen atoms in total. The van der Waals surface area contributed by atoms with E-state index in [2.05, 4.69) is 5.32 Å². The van der Waals surface area contributed by atoms with Crippen LogP contribution >= 0.6 is 0 Å². The predicted octanol–water partition coefficient (Wildman–Crippen LogP) is 0.0782. The first-order valence-electron chi connectivity index (χ1n) is 6.38. The third kappa shape index (κ3) is 4.62. The molecular formula is C12H22N2O4. The molecule has 0 aromatic rings. The highest BCUT2D eigenvalue weighted by atomic mass is 16.5. The monoisotopic (exact) mass is 258 g/mol. The lowest BCUT2D eigenvalue weighted by Gasteiger charge is -2.27. The Kier molecular flexibility index (Phi) is 6.67. The SMILES string of the molecule is COCCNCC(=O)N1CCCCCC1C(=O)O. The number of carbonyl (C=O) groups is 2. The largest absolute Gasteiger partial charge is 0.480 e.